The Hall–Kier alpha value is -4.85. The van der Waals surface area contributed by atoms with E-state index in [1.807, 2.05) is 18.2 Å². The van der Waals surface area contributed by atoms with Crippen LogP contribution in [0.15, 0.2) is 116 Å². The van der Waals surface area contributed by atoms with E-state index in [2.05, 4.69) is 26.5 Å². The van der Waals surface area contributed by atoms with Gasteiger partial charge in [-0.1, -0.05) is 60.1 Å². The van der Waals surface area contributed by atoms with E-state index in [-0.39, 0.29) is 17.2 Å². The fourth-order valence-electron chi connectivity index (χ4n) is 4.88. The second-order valence-electron chi connectivity index (χ2n) is 10.5. The first-order valence-corrected chi connectivity index (χ1v) is 17.1. The number of anilines is 1. The van der Waals surface area contributed by atoms with E-state index in [1.54, 1.807) is 85.4 Å². The van der Waals surface area contributed by atoms with Crippen molar-refractivity contribution in [1.29, 1.82) is 0 Å². The van der Waals surface area contributed by atoms with Gasteiger partial charge in [-0.25, -0.2) is 22.8 Å². The van der Waals surface area contributed by atoms with Gasteiger partial charge in [0.25, 0.3) is 21.5 Å². The molecule has 248 valence electrons. The molecule has 5 aromatic rings. The molecule has 0 fully saturated rings. The summed E-state index contributed by atoms with van der Waals surface area (Å²) in [6.45, 7) is 1.18. The molecule has 0 saturated heterocycles. The molecule has 48 heavy (non-hydrogen) atoms. The monoisotopic (exact) mass is 751 g/mol. The van der Waals surface area contributed by atoms with Gasteiger partial charge in [-0.05, 0) is 82.5 Å². The van der Waals surface area contributed by atoms with Gasteiger partial charge in [-0.15, -0.1) is 0 Å². The molecule has 0 spiro atoms. The fourth-order valence-corrected chi connectivity index (χ4v) is 7.07. The predicted octanol–water partition coefficient (Wildman–Crippen LogP) is 5.83. The van der Waals surface area contributed by atoms with Crippen molar-refractivity contribution >= 4 is 55.4 Å². The maximum absolute atomic E-state index is 13.9. The summed E-state index contributed by atoms with van der Waals surface area (Å²) in [7, 11) is -1.21. The third-order valence-corrected chi connectivity index (χ3v) is 9.94. The van der Waals surface area contributed by atoms with E-state index in [1.165, 1.54) is 30.1 Å². The number of para-hydroxylation sites is 1. The highest BCUT2D eigenvalue weighted by Gasteiger charge is 2.33. The van der Waals surface area contributed by atoms with Crippen molar-refractivity contribution in [1.82, 2.24) is 14.8 Å². The summed E-state index contributed by atoms with van der Waals surface area (Å²) in [6.07, 6.45) is 1.38. The lowest BCUT2D eigenvalue weighted by Gasteiger charge is -2.22. The summed E-state index contributed by atoms with van der Waals surface area (Å²) in [5.74, 6) is 0.115. The highest BCUT2D eigenvalue weighted by molar-refractivity contribution is 9.10. The Bertz CT molecular complexity index is 2120. The van der Waals surface area contributed by atoms with Crippen molar-refractivity contribution in [2.75, 3.05) is 18.0 Å². The van der Waals surface area contributed by atoms with Crippen LogP contribution >= 0.6 is 27.5 Å². The second kappa shape index (κ2) is 14.9. The molecular formula is C34H31BrClN5O6S. The summed E-state index contributed by atoms with van der Waals surface area (Å²) < 4.78 is 43.7. The van der Waals surface area contributed by atoms with Gasteiger partial charge < -0.3 is 9.47 Å². The normalized spacial score (nSPS) is 11.4. The average Bonchev–Trinajstić information content (AvgIpc) is 3.30. The third kappa shape index (κ3) is 7.48. The van der Waals surface area contributed by atoms with Gasteiger partial charge in [0.2, 0.25) is 0 Å². The molecule has 11 nitrogen and oxygen atoms in total. The Morgan fingerprint density at radius 3 is 2.31 bits per heavy atom. The minimum absolute atomic E-state index is 0.0782. The van der Waals surface area contributed by atoms with Crippen LogP contribution < -0.4 is 24.8 Å². The first-order chi connectivity index (χ1) is 23.0. The van der Waals surface area contributed by atoms with Gasteiger partial charge in [0.1, 0.15) is 18.8 Å². The average molecular weight is 753 g/mol. The second-order valence-corrected chi connectivity index (χ2v) is 13.6. The van der Waals surface area contributed by atoms with E-state index < -0.39 is 28.0 Å². The van der Waals surface area contributed by atoms with Crippen LogP contribution in [-0.4, -0.2) is 43.6 Å². The van der Waals surface area contributed by atoms with E-state index in [4.69, 9.17) is 21.1 Å². The molecule has 0 aliphatic heterocycles. The summed E-state index contributed by atoms with van der Waals surface area (Å²) in [4.78, 5) is 27.0. The van der Waals surface area contributed by atoms with Crippen LogP contribution in [0.4, 0.5) is 5.69 Å². The van der Waals surface area contributed by atoms with Crippen molar-refractivity contribution in [3.8, 4) is 17.2 Å². The number of hydrazone groups is 1. The molecule has 1 N–H and O–H groups in total. The molecule has 0 aliphatic rings. The number of rotatable bonds is 12. The Morgan fingerprint density at radius 1 is 1.02 bits per heavy atom. The van der Waals surface area contributed by atoms with E-state index in [0.29, 0.717) is 37.9 Å². The molecule has 0 unspecified atom stereocenters. The molecule has 0 bridgehead atoms. The number of methoxy groups -OCH3 is 1. The molecule has 1 aromatic heterocycles. The molecule has 14 heteroatoms. The molecule has 5 rings (SSSR count). The summed E-state index contributed by atoms with van der Waals surface area (Å²) >= 11 is 9.47. The highest BCUT2D eigenvalue weighted by atomic mass is 79.9. The number of hydrogen-bond donors (Lipinski definition) is 1. The number of carbonyl (C=O) groups is 1. The maximum Gasteiger partial charge on any atom is 0.296 e. The molecule has 4 aromatic carbocycles. The zero-order chi connectivity index (χ0) is 34.4. The van der Waals surface area contributed by atoms with Crippen molar-refractivity contribution in [2.45, 2.75) is 18.4 Å². The van der Waals surface area contributed by atoms with Crippen molar-refractivity contribution in [3.05, 3.63) is 134 Å². The number of benzene rings is 4. The lowest BCUT2D eigenvalue weighted by molar-refractivity contribution is -0.119. The first kappa shape index (κ1) is 34.5. The van der Waals surface area contributed by atoms with Gasteiger partial charge in [0, 0.05) is 12.1 Å². The smallest absolute Gasteiger partial charge is 0.296 e. The van der Waals surface area contributed by atoms with Crippen LogP contribution in [0, 0.1) is 6.92 Å². The van der Waals surface area contributed by atoms with E-state index >= 15 is 0 Å². The van der Waals surface area contributed by atoms with Gasteiger partial charge in [0.15, 0.2) is 11.5 Å². The van der Waals surface area contributed by atoms with Crippen LogP contribution in [0.5, 0.6) is 11.5 Å². The third-order valence-electron chi connectivity index (χ3n) is 7.34. The predicted molar refractivity (Wildman–Crippen MR) is 189 cm³/mol. The quantitative estimate of drug-likeness (QED) is 0.126. The lowest BCUT2D eigenvalue weighted by atomic mass is 10.2. The lowest BCUT2D eigenvalue weighted by Crippen LogP contribution is -2.42. The molecule has 0 aliphatic carbocycles. The standard InChI is InChI=1S/C34H31BrClN5O6S/c1-23-32(34(43)41(39(23)2)27-10-6-4-7-11-27)40(48(44,45)28-12-8-5-9-13-28)21-31(42)38-37-20-25-18-29(35)33(30(19-25)46-3)47-22-24-14-16-26(36)17-15-24/h4-20H,21-22H2,1-3H3,(H,38,42)/b37-20-. The summed E-state index contributed by atoms with van der Waals surface area (Å²) in [5, 5.41) is 4.67. The van der Waals surface area contributed by atoms with Crippen LogP contribution in [0.2, 0.25) is 5.02 Å². The minimum atomic E-state index is -4.35. The van der Waals surface area contributed by atoms with Gasteiger partial charge >= 0.3 is 0 Å². The topological polar surface area (TPSA) is 124 Å². The number of hydrogen-bond acceptors (Lipinski definition) is 7. The largest absolute Gasteiger partial charge is 0.493 e. The number of nitrogens with one attached hydrogen (secondary N) is 1. The summed E-state index contributed by atoms with van der Waals surface area (Å²) in [5.41, 5.74) is 3.96. The molecule has 0 atom stereocenters. The van der Waals surface area contributed by atoms with E-state index in [9.17, 15) is 18.0 Å². The highest BCUT2D eigenvalue weighted by Crippen LogP contribution is 2.37. The number of ether oxygens (including phenoxy) is 2. The number of halogens is 2. The van der Waals surface area contributed by atoms with Crippen molar-refractivity contribution in [2.24, 2.45) is 12.1 Å². The SMILES string of the molecule is COc1cc(/C=N\NC(=O)CN(c2c(C)n(C)n(-c3ccccc3)c2=O)S(=O)(=O)c2ccccc2)cc(Br)c1OCc1ccc(Cl)cc1. The van der Waals surface area contributed by atoms with Crippen LogP contribution in [0.1, 0.15) is 16.8 Å². The van der Waals surface area contributed by atoms with Gasteiger partial charge in [0.05, 0.1) is 34.1 Å². The fraction of sp³-hybridized carbons (Fsp3) is 0.147. The number of aromatic nitrogens is 2. The summed E-state index contributed by atoms with van der Waals surface area (Å²) in [6, 6.07) is 27.1. The maximum atomic E-state index is 13.9. The number of sulfonamides is 1. The van der Waals surface area contributed by atoms with Crippen LogP contribution in [0.25, 0.3) is 5.69 Å². The zero-order valence-corrected chi connectivity index (χ0v) is 29.3. The van der Waals surface area contributed by atoms with Crippen molar-refractivity contribution in [3.63, 3.8) is 0 Å². The molecular weight excluding hydrogens is 722 g/mol. The van der Waals surface area contributed by atoms with Crippen LogP contribution in [0.3, 0.4) is 0 Å². The Kier molecular flexibility index (Phi) is 10.7. The van der Waals surface area contributed by atoms with Gasteiger partial charge in [-0.2, -0.15) is 5.10 Å². The Balaban J connectivity index is 1.39. The van der Waals surface area contributed by atoms with E-state index in [0.717, 1.165) is 9.87 Å². The first-order valence-electron chi connectivity index (χ1n) is 14.5. The van der Waals surface area contributed by atoms with Crippen LogP contribution in [-0.2, 0) is 28.5 Å². The van der Waals surface area contributed by atoms with Gasteiger partial charge in [-0.3, -0.25) is 14.3 Å². The van der Waals surface area contributed by atoms with Crippen molar-refractivity contribution < 1.29 is 22.7 Å². The number of carbonyl (C=O) groups excluding carboxylic acids is 1. The number of nitrogens with zero attached hydrogens (tertiary/aromatic N) is 4. The molecule has 0 radical (unpaired) electrons. The minimum Gasteiger partial charge on any atom is -0.493 e. The Labute approximate surface area is 291 Å². The zero-order valence-electron chi connectivity index (χ0n) is 26.1. The molecule has 0 saturated carbocycles. The number of amides is 1. The molecule has 1 amide bonds. The molecule has 1 heterocycles. The Morgan fingerprint density at radius 2 is 1.67 bits per heavy atom.